The van der Waals surface area contributed by atoms with Gasteiger partial charge in [0.1, 0.15) is 12.3 Å². The molecule has 0 aromatic heterocycles. The molecule has 0 bridgehead atoms. The van der Waals surface area contributed by atoms with Crippen LogP contribution in [0.25, 0.3) is 0 Å². The van der Waals surface area contributed by atoms with Crippen molar-refractivity contribution >= 4 is 24.1 Å². The van der Waals surface area contributed by atoms with E-state index in [0.717, 1.165) is 0 Å². The fourth-order valence-corrected chi connectivity index (χ4v) is 2.72. The molecule has 0 aliphatic heterocycles. The second-order valence-electron chi connectivity index (χ2n) is 7.20. The van der Waals surface area contributed by atoms with Gasteiger partial charge in [0.25, 0.3) is 5.91 Å². The minimum Gasteiger partial charge on any atom is -0.378 e. The van der Waals surface area contributed by atoms with E-state index in [0.29, 0.717) is 37.7 Å². The van der Waals surface area contributed by atoms with Crippen molar-refractivity contribution in [2.24, 2.45) is 22.4 Å². The topological polar surface area (TPSA) is 160 Å². The average molecular weight is 405 g/mol. The lowest BCUT2D eigenvalue weighted by atomic mass is 10.0. The molecule has 160 valence electrons. The zero-order valence-electron chi connectivity index (χ0n) is 16.9. The molecule has 1 aromatic carbocycles. The number of aliphatic imine (C=N–C) groups is 1. The van der Waals surface area contributed by atoms with Gasteiger partial charge in [-0.1, -0.05) is 44.2 Å². The van der Waals surface area contributed by atoms with Gasteiger partial charge in [0.05, 0.1) is 6.04 Å². The van der Waals surface area contributed by atoms with E-state index in [-0.39, 0.29) is 11.9 Å². The van der Waals surface area contributed by atoms with Gasteiger partial charge in [0.15, 0.2) is 12.1 Å². The molecule has 29 heavy (non-hydrogen) atoms. The van der Waals surface area contributed by atoms with Gasteiger partial charge in [-0.05, 0) is 30.7 Å². The Labute approximate surface area is 170 Å². The summed E-state index contributed by atoms with van der Waals surface area (Å²) in [6, 6.07) is 6.85. The molecule has 7 N–H and O–H groups in total. The van der Waals surface area contributed by atoms with Crippen LogP contribution in [0.3, 0.4) is 0 Å². The Morgan fingerprint density at radius 2 is 1.79 bits per heavy atom. The van der Waals surface area contributed by atoms with E-state index in [4.69, 9.17) is 11.5 Å². The summed E-state index contributed by atoms with van der Waals surface area (Å²) >= 11 is 0. The van der Waals surface area contributed by atoms with Gasteiger partial charge in [0, 0.05) is 6.54 Å². The first-order valence-electron chi connectivity index (χ1n) is 9.59. The van der Waals surface area contributed by atoms with Crippen molar-refractivity contribution < 1.29 is 19.5 Å². The Morgan fingerprint density at radius 3 is 2.34 bits per heavy atom. The maximum absolute atomic E-state index is 12.6. The lowest BCUT2D eigenvalue weighted by Gasteiger charge is -2.23. The monoisotopic (exact) mass is 405 g/mol. The van der Waals surface area contributed by atoms with E-state index in [1.54, 1.807) is 30.3 Å². The summed E-state index contributed by atoms with van der Waals surface area (Å²) in [7, 11) is 0. The summed E-state index contributed by atoms with van der Waals surface area (Å²) < 4.78 is 0. The summed E-state index contributed by atoms with van der Waals surface area (Å²) in [5, 5.41) is 15.5. The number of aldehydes is 1. The number of carbonyl (C=O) groups is 3. The molecule has 0 aliphatic rings. The maximum atomic E-state index is 12.6. The molecule has 0 spiro atoms. The maximum Gasteiger partial charge on any atom is 0.254 e. The van der Waals surface area contributed by atoms with Crippen molar-refractivity contribution in [2.75, 3.05) is 6.54 Å². The molecule has 0 fully saturated rings. The first-order chi connectivity index (χ1) is 13.7. The average Bonchev–Trinajstić information content (AvgIpc) is 2.69. The van der Waals surface area contributed by atoms with Crippen LogP contribution in [0.1, 0.15) is 44.8 Å². The number of amides is 2. The summed E-state index contributed by atoms with van der Waals surface area (Å²) in [6.45, 7) is 4.16. The number of benzene rings is 1. The van der Waals surface area contributed by atoms with Crippen LogP contribution in [-0.4, -0.2) is 47.8 Å². The molecule has 0 saturated heterocycles. The molecule has 1 aromatic rings. The number of nitrogens with two attached hydrogens (primary N) is 2. The molecule has 0 heterocycles. The third-order valence-electron chi connectivity index (χ3n) is 4.16. The van der Waals surface area contributed by atoms with E-state index in [1.165, 1.54) is 0 Å². The highest BCUT2D eigenvalue weighted by Gasteiger charge is 2.27. The second-order valence-corrected chi connectivity index (χ2v) is 7.20. The predicted molar refractivity (Wildman–Crippen MR) is 111 cm³/mol. The van der Waals surface area contributed by atoms with Crippen molar-refractivity contribution in [1.82, 2.24) is 10.6 Å². The van der Waals surface area contributed by atoms with E-state index in [2.05, 4.69) is 15.6 Å². The van der Waals surface area contributed by atoms with Crippen LogP contribution in [0.15, 0.2) is 35.3 Å². The number of nitrogens with one attached hydrogen (secondary N) is 2. The Balaban J connectivity index is 2.72. The standard InChI is InChI=1S/C20H31N5O4/c1-13(2)11-16(25-19(29)17(27)14-7-4-3-5-8-14)18(28)24-15(12-26)9-6-10-23-20(21)22/h3-5,7-8,12-13,15-17,27H,6,9-11H2,1-2H3,(H,24,28)(H,25,29)(H4,21,22,23)/t15-,16-,17?/m0/s1. The predicted octanol–water partition coefficient (Wildman–Crippen LogP) is -0.0118. The number of hydrogen-bond acceptors (Lipinski definition) is 5. The molecule has 9 nitrogen and oxygen atoms in total. The van der Waals surface area contributed by atoms with Crippen LogP contribution in [-0.2, 0) is 14.4 Å². The minimum absolute atomic E-state index is 0.0339. The highest BCUT2D eigenvalue weighted by molar-refractivity contribution is 5.90. The Kier molecular flexibility index (Phi) is 10.4. The fraction of sp³-hybridized carbons (Fsp3) is 0.500. The smallest absolute Gasteiger partial charge is 0.254 e. The molecule has 0 aliphatic carbocycles. The van der Waals surface area contributed by atoms with Crippen molar-refractivity contribution in [3.63, 3.8) is 0 Å². The first-order valence-corrected chi connectivity index (χ1v) is 9.59. The normalized spacial score (nSPS) is 13.8. The zero-order valence-corrected chi connectivity index (χ0v) is 16.9. The van der Waals surface area contributed by atoms with Crippen LogP contribution >= 0.6 is 0 Å². The number of aliphatic hydroxyl groups is 1. The number of nitrogens with zero attached hydrogens (tertiary/aromatic N) is 1. The van der Waals surface area contributed by atoms with Crippen LogP contribution in [0, 0.1) is 5.92 Å². The van der Waals surface area contributed by atoms with E-state index >= 15 is 0 Å². The van der Waals surface area contributed by atoms with Gasteiger partial charge in [0.2, 0.25) is 5.91 Å². The van der Waals surface area contributed by atoms with Crippen LogP contribution in [0.5, 0.6) is 0 Å². The Hall–Kier alpha value is -2.94. The second kappa shape index (κ2) is 12.5. The molecule has 1 rings (SSSR count). The van der Waals surface area contributed by atoms with Crippen molar-refractivity contribution in [3.8, 4) is 0 Å². The number of carbonyl (C=O) groups excluding carboxylic acids is 3. The Morgan fingerprint density at radius 1 is 1.14 bits per heavy atom. The van der Waals surface area contributed by atoms with Gasteiger partial charge >= 0.3 is 0 Å². The van der Waals surface area contributed by atoms with Crippen LogP contribution in [0.2, 0.25) is 0 Å². The van der Waals surface area contributed by atoms with Gasteiger partial charge < -0.3 is 32.0 Å². The molecule has 0 saturated carbocycles. The minimum atomic E-state index is -1.39. The molecule has 2 amide bonds. The summed E-state index contributed by atoms with van der Waals surface area (Å²) in [5.41, 5.74) is 10.9. The van der Waals surface area contributed by atoms with Crippen molar-refractivity contribution in [1.29, 1.82) is 0 Å². The zero-order chi connectivity index (χ0) is 21.8. The van der Waals surface area contributed by atoms with Gasteiger partial charge in [-0.2, -0.15) is 0 Å². The number of aliphatic hydroxyl groups excluding tert-OH is 1. The van der Waals surface area contributed by atoms with E-state index in [9.17, 15) is 19.5 Å². The third kappa shape index (κ3) is 9.20. The number of guanidine groups is 1. The molecular formula is C20H31N5O4. The third-order valence-corrected chi connectivity index (χ3v) is 4.16. The van der Waals surface area contributed by atoms with E-state index in [1.807, 2.05) is 13.8 Å². The molecular weight excluding hydrogens is 374 g/mol. The fourth-order valence-electron chi connectivity index (χ4n) is 2.72. The largest absolute Gasteiger partial charge is 0.378 e. The lowest BCUT2D eigenvalue weighted by molar-refractivity contribution is -0.135. The Bertz CT molecular complexity index is 689. The number of hydrogen-bond donors (Lipinski definition) is 5. The lowest BCUT2D eigenvalue weighted by Crippen LogP contribution is -2.51. The van der Waals surface area contributed by atoms with E-state index < -0.39 is 30.0 Å². The molecule has 0 radical (unpaired) electrons. The first kappa shape index (κ1) is 24.1. The van der Waals surface area contributed by atoms with Crippen molar-refractivity contribution in [2.45, 2.75) is 51.3 Å². The molecule has 9 heteroatoms. The van der Waals surface area contributed by atoms with Crippen LogP contribution in [0.4, 0.5) is 0 Å². The quantitative estimate of drug-likeness (QED) is 0.142. The summed E-state index contributed by atoms with van der Waals surface area (Å²) in [4.78, 5) is 40.2. The summed E-state index contributed by atoms with van der Waals surface area (Å²) in [5.74, 6) is -1.08. The van der Waals surface area contributed by atoms with Crippen molar-refractivity contribution in [3.05, 3.63) is 35.9 Å². The molecule has 3 atom stereocenters. The summed E-state index contributed by atoms with van der Waals surface area (Å²) in [6.07, 6.45) is 0.482. The molecule has 1 unspecified atom stereocenters. The van der Waals surface area contributed by atoms with Gasteiger partial charge in [-0.25, -0.2) is 0 Å². The highest BCUT2D eigenvalue weighted by atomic mass is 16.3. The van der Waals surface area contributed by atoms with Gasteiger partial charge in [-0.15, -0.1) is 0 Å². The van der Waals surface area contributed by atoms with Gasteiger partial charge in [-0.3, -0.25) is 14.6 Å². The SMILES string of the molecule is CC(C)C[C@H](NC(=O)C(O)c1ccccc1)C(=O)N[C@H](C=O)CCCN=C(N)N. The van der Waals surface area contributed by atoms with Crippen LogP contribution < -0.4 is 22.1 Å². The highest BCUT2D eigenvalue weighted by Crippen LogP contribution is 2.14. The number of rotatable bonds is 12.